The number of carbonyl (C=O) groups is 3. The van der Waals surface area contributed by atoms with Crippen molar-refractivity contribution in [2.75, 3.05) is 19.8 Å². The molecular formula is C25H28N2O6. The summed E-state index contributed by atoms with van der Waals surface area (Å²) in [5, 5.41) is 14.4. The molecule has 0 radical (unpaired) electrons. The summed E-state index contributed by atoms with van der Waals surface area (Å²) in [6.45, 7) is 2.38. The molecule has 2 aromatic rings. The van der Waals surface area contributed by atoms with Crippen molar-refractivity contribution in [1.29, 1.82) is 0 Å². The van der Waals surface area contributed by atoms with Crippen molar-refractivity contribution in [3.63, 3.8) is 0 Å². The minimum Gasteiger partial charge on any atom is -0.481 e. The molecular weight excluding hydrogens is 424 g/mol. The summed E-state index contributed by atoms with van der Waals surface area (Å²) in [6.07, 6.45) is -0.325. The third kappa shape index (κ3) is 4.85. The summed E-state index contributed by atoms with van der Waals surface area (Å²) in [4.78, 5) is 36.8. The van der Waals surface area contributed by atoms with E-state index in [1.165, 1.54) is 0 Å². The molecule has 2 aromatic carbocycles. The minimum atomic E-state index is -1.20. The third-order valence-corrected chi connectivity index (χ3v) is 6.32. The van der Waals surface area contributed by atoms with E-state index in [4.69, 9.17) is 14.6 Å². The van der Waals surface area contributed by atoms with Gasteiger partial charge < -0.3 is 25.2 Å². The van der Waals surface area contributed by atoms with E-state index in [-0.39, 0.29) is 31.8 Å². The summed E-state index contributed by atoms with van der Waals surface area (Å²) < 4.78 is 11.0. The summed E-state index contributed by atoms with van der Waals surface area (Å²) >= 11 is 0. The van der Waals surface area contributed by atoms with Gasteiger partial charge in [-0.15, -0.1) is 0 Å². The number of rotatable bonds is 7. The molecule has 0 unspecified atom stereocenters. The van der Waals surface area contributed by atoms with Crippen molar-refractivity contribution in [3.05, 3.63) is 59.7 Å². The van der Waals surface area contributed by atoms with Crippen molar-refractivity contribution >= 4 is 18.0 Å². The van der Waals surface area contributed by atoms with Gasteiger partial charge >= 0.3 is 12.1 Å². The zero-order valence-corrected chi connectivity index (χ0v) is 18.5. The predicted molar refractivity (Wildman–Crippen MR) is 121 cm³/mol. The van der Waals surface area contributed by atoms with Crippen LogP contribution in [0.25, 0.3) is 11.1 Å². The molecule has 2 amide bonds. The number of fused-ring (bicyclic) bond motifs is 3. The van der Waals surface area contributed by atoms with Gasteiger partial charge in [-0.1, -0.05) is 48.5 Å². The lowest BCUT2D eigenvalue weighted by molar-refractivity contribution is -0.138. The third-order valence-electron chi connectivity index (χ3n) is 6.32. The number of aliphatic carboxylic acids is 1. The van der Waals surface area contributed by atoms with E-state index in [1.807, 2.05) is 36.4 Å². The minimum absolute atomic E-state index is 0.0850. The van der Waals surface area contributed by atoms with E-state index in [0.29, 0.717) is 13.2 Å². The molecule has 2 aliphatic rings. The number of alkyl carbamates (subject to hydrolysis) is 1. The summed E-state index contributed by atoms with van der Waals surface area (Å²) in [7, 11) is 0. The number of ether oxygens (including phenoxy) is 2. The van der Waals surface area contributed by atoms with Crippen LogP contribution < -0.4 is 10.6 Å². The van der Waals surface area contributed by atoms with E-state index < -0.39 is 29.6 Å². The van der Waals surface area contributed by atoms with Crippen molar-refractivity contribution in [1.82, 2.24) is 10.6 Å². The van der Waals surface area contributed by atoms with Gasteiger partial charge in [-0.3, -0.25) is 9.59 Å². The van der Waals surface area contributed by atoms with Crippen LogP contribution in [0, 0.1) is 0 Å². The van der Waals surface area contributed by atoms with Crippen molar-refractivity contribution in [2.24, 2.45) is 0 Å². The second-order valence-electron chi connectivity index (χ2n) is 8.62. The van der Waals surface area contributed by atoms with Crippen LogP contribution in [0.5, 0.6) is 0 Å². The molecule has 0 bridgehead atoms. The Morgan fingerprint density at radius 2 is 1.64 bits per heavy atom. The molecule has 174 valence electrons. The van der Waals surface area contributed by atoms with Gasteiger partial charge in [0.25, 0.3) is 0 Å². The Hall–Kier alpha value is -3.39. The lowest BCUT2D eigenvalue weighted by Gasteiger charge is -2.36. The zero-order valence-electron chi connectivity index (χ0n) is 18.5. The van der Waals surface area contributed by atoms with Crippen LogP contribution in [0.15, 0.2) is 48.5 Å². The highest BCUT2D eigenvalue weighted by molar-refractivity contribution is 5.90. The molecule has 1 saturated heterocycles. The first-order chi connectivity index (χ1) is 15.9. The lowest BCUT2D eigenvalue weighted by Crippen LogP contribution is -2.62. The maximum absolute atomic E-state index is 13.0. The monoisotopic (exact) mass is 452 g/mol. The molecule has 1 atom stereocenters. The van der Waals surface area contributed by atoms with Gasteiger partial charge in [-0.25, -0.2) is 4.79 Å². The molecule has 1 fully saturated rings. The first-order valence-corrected chi connectivity index (χ1v) is 11.1. The Morgan fingerprint density at radius 3 is 2.21 bits per heavy atom. The number of nitrogens with one attached hydrogen (secondary N) is 2. The zero-order chi connectivity index (χ0) is 23.4. The van der Waals surface area contributed by atoms with Crippen LogP contribution in [0.4, 0.5) is 4.79 Å². The van der Waals surface area contributed by atoms with Gasteiger partial charge in [0.15, 0.2) is 0 Å². The Bertz CT molecular complexity index is 1000. The van der Waals surface area contributed by atoms with Crippen LogP contribution in [0.3, 0.4) is 0 Å². The Morgan fingerprint density at radius 1 is 1.06 bits per heavy atom. The van der Waals surface area contributed by atoms with Gasteiger partial charge in [0, 0.05) is 38.0 Å². The highest BCUT2D eigenvalue weighted by Crippen LogP contribution is 2.44. The lowest BCUT2D eigenvalue weighted by atomic mass is 9.88. The molecule has 4 rings (SSSR count). The van der Waals surface area contributed by atoms with E-state index in [0.717, 1.165) is 22.3 Å². The molecule has 0 aromatic heterocycles. The molecule has 1 aliphatic carbocycles. The molecule has 8 nitrogen and oxygen atoms in total. The van der Waals surface area contributed by atoms with Gasteiger partial charge in [0.1, 0.15) is 12.1 Å². The standard InChI is InChI=1S/C25H28N2O6/c1-16(14-22(28)29)26-23(30)25(10-12-32-13-11-25)27-24(31)33-15-21-19-8-4-2-6-17(19)18-7-3-5-9-20(18)21/h2-9,16,21H,10-15H2,1H3,(H,26,30)(H,27,31)(H,28,29)/t16-/m0/s1. The van der Waals surface area contributed by atoms with Crippen molar-refractivity contribution in [3.8, 4) is 11.1 Å². The van der Waals surface area contributed by atoms with Crippen LogP contribution in [0.1, 0.15) is 43.2 Å². The highest BCUT2D eigenvalue weighted by Gasteiger charge is 2.42. The predicted octanol–water partition coefficient (Wildman–Crippen LogP) is 3.05. The van der Waals surface area contributed by atoms with Gasteiger partial charge in [-0.05, 0) is 29.2 Å². The number of benzene rings is 2. The number of hydrogen-bond acceptors (Lipinski definition) is 5. The average molecular weight is 453 g/mol. The van der Waals surface area contributed by atoms with Crippen molar-refractivity contribution in [2.45, 2.75) is 43.7 Å². The van der Waals surface area contributed by atoms with E-state index >= 15 is 0 Å². The van der Waals surface area contributed by atoms with Crippen LogP contribution >= 0.6 is 0 Å². The van der Waals surface area contributed by atoms with Crippen LogP contribution in [-0.2, 0) is 19.1 Å². The van der Waals surface area contributed by atoms with E-state index in [2.05, 4.69) is 22.8 Å². The second-order valence-corrected chi connectivity index (χ2v) is 8.62. The Labute approximate surface area is 192 Å². The number of carbonyl (C=O) groups excluding carboxylic acids is 2. The molecule has 8 heteroatoms. The Kier molecular flexibility index (Phi) is 6.65. The second kappa shape index (κ2) is 9.62. The summed E-state index contributed by atoms with van der Waals surface area (Å²) in [5.74, 6) is -1.51. The normalized spacial score (nSPS) is 17.4. The van der Waals surface area contributed by atoms with Crippen LogP contribution in [0.2, 0.25) is 0 Å². The largest absolute Gasteiger partial charge is 0.481 e. The van der Waals surface area contributed by atoms with E-state index in [1.54, 1.807) is 6.92 Å². The van der Waals surface area contributed by atoms with E-state index in [9.17, 15) is 14.4 Å². The first-order valence-electron chi connectivity index (χ1n) is 11.1. The summed E-state index contributed by atoms with van der Waals surface area (Å²) in [5.41, 5.74) is 3.28. The van der Waals surface area contributed by atoms with Gasteiger partial charge in [0.05, 0.1) is 6.42 Å². The highest BCUT2D eigenvalue weighted by atomic mass is 16.5. The maximum Gasteiger partial charge on any atom is 0.408 e. The molecule has 33 heavy (non-hydrogen) atoms. The van der Waals surface area contributed by atoms with Gasteiger partial charge in [0.2, 0.25) is 5.91 Å². The fourth-order valence-electron chi connectivity index (χ4n) is 4.63. The topological polar surface area (TPSA) is 114 Å². The quantitative estimate of drug-likeness (QED) is 0.595. The summed E-state index contributed by atoms with van der Waals surface area (Å²) in [6, 6.07) is 15.6. The first kappa shape index (κ1) is 22.8. The SMILES string of the molecule is C[C@@H](CC(=O)O)NC(=O)C1(NC(=O)OCC2c3ccccc3-c3ccccc32)CCOCC1. The molecule has 1 heterocycles. The molecule has 3 N–H and O–H groups in total. The fourth-order valence-corrected chi connectivity index (χ4v) is 4.63. The number of carboxylic acids is 1. The van der Waals surface area contributed by atoms with Gasteiger partial charge in [-0.2, -0.15) is 0 Å². The van der Waals surface area contributed by atoms with Crippen molar-refractivity contribution < 1.29 is 29.0 Å². The molecule has 0 spiro atoms. The van der Waals surface area contributed by atoms with Crippen LogP contribution in [-0.4, -0.2) is 54.5 Å². The average Bonchev–Trinajstić information content (AvgIpc) is 3.11. The smallest absolute Gasteiger partial charge is 0.408 e. The fraction of sp³-hybridized carbons (Fsp3) is 0.400. The molecule has 1 aliphatic heterocycles. The number of hydrogen-bond donors (Lipinski definition) is 3. The Balaban J connectivity index is 1.44. The maximum atomic E-state index is 13.0. The molecule has 0 saturated carbocycles. The number of carboxylic acid groups (broad SMARTS) is 1. The number of amides is 2.